The largest absolute Gasteiger partial charge is 0.396 e. The first-order valence-electron chi connectivity index (χ1n) is 10.1. The molecule has 0 radical (unpaired) electrons. The fraction of sp³-hybridized carbons (Fsp3) is 0.304. The lowest BCUT2D eigenvalue weighted by atomic mass is 10.2. The number of hydrogen-bond acceptors (Lipinski definition) is 6. The third kappa shape index (κ3) is 6.98. The van der Waals surface area contributed by atoms with Gasteiger partial charge in [0.1, 0.15) is 11.5 Å². The van der Waals surface area contributed by atoms with Crippen LogP contribution in [0.15, 0.2) is 60.0 Å². The minimum Gasteiger partial charge on any atom is -0.396 e. The Morgan fingerprint density at radius 2 is 1.84 bits per heavy atom. The zero-order chi connectivity index (χ0) is 23.5. The molecule has 0 saturated carbocycles. The lowest BCUT2D eigenvalue weighted by Crippen LogP contribution is -2.41. The molecule has 0 unspecified atom stereocenters. The van der Waals surface area contributed by atoms with Crippen molar-refractivity contribution in [2.24, 2.45) is 0 Å². The Kier molecular flexibility index (Phi) is 9.49. The topological polar surface area (TPSA) is 94.1 Å². The van der Waals surface area contributed by atoms with Crippen molar-refractivity contribution in [2.45, 2.75) is 19.9 Å². The Balaban J connectivity index is 2.37. The molecule has 9 heteroatoms. The van der Waals surface area contributed by atoms with Crippen molar-refractivity contribution < 1.29 is 23.9 Å². The van der Waals surface area contributed by atoms with E-state index in [2.05, 4.69) is 10.8 Å². The van der Waals surface area contributed by atoms with Gasteiger partial charge >= 0.3 is 0 Å². The van der Waals surface area contributed by atoms with Gasteiger partial charge in [0.05, 0.1) is 0 Å². The number of aryl methyl sites for hydroxylation is 1. The van der Waals surface area contributed by atoms with Crippen molar-refractivity contribution in [1.29, 1.82) is 0 Å². The molecule has 2 aromatic carbocycles. The van der Waals surface area contributed by atoms with Crippen LogP contribution in [0.4, 0.5) is 4.39 Å². The molecule has 32 heavy (non-hydrogen) atoms. The average molecular weight is 445 g/mol. The number of amides is 2. The Hall–Kier alpha value is -3.59. The number of likely N-dealkylation sites (N-methyl/N-ethyl adjacent to an activating group) is 1. The molecule has 172 valence electrons. The molecule has 2 amide bonds. The van der Waals surface area contributed by atoms with Crippen LogP contribution in [0.5, 0.6) is 5.75 Å². The first-order chi connectivity index (χ1) is 15.4. The van der Waals surface area contributed by atoms with Crippen molar-refractivity contribution >= 4 is 12.3 Å². The maximum Gasteiger partial charge on any atom is 0.273 e. The van der Waals surface area contributed by atoms with Gasteiger partial charge in [0.15, 0.2) is 11.6 Å². The number of carbonyl (C=O) groups excluding carboxylic acids is 2. The molecular weight excluding hydrogens is 415 g/mol. The van der Waals surface area contributed by atoms with Crippen LogP contribution in [0.3, 0.4) is 0 Å². The lowest BCUT2D eigenvalue weighted by molar-refractivity contribution is -0.126. The van der Waals surface area contributed by atoms with E-state index in [0.29, 0.717) is 25.1 Å². The summed E-state index contributed by atoms with van der Waals surface area (Å²) < 4.78 is 13.2. The van der Waals surface area contributed by atoms with E-state index in [-0.39, 0.29) is 30.5 Å². The van der Waals surface area contributed by atoms with Crippen LogP contribution in [0.1, 0.15) is 17.5 Å². The van der Waals surface area contributed by atoms with E-state index < -0.39 is 5.91 Å². The maximum absolute atomic E-state index is 13.2. The second kappa shape index (κ2) is 12.3. The van der Waals surface area contributed by atoms with E-state index in [1.807, 2.05) is 19.1 Å². The van der Waals surface area contributed by atoms with Crippen LogP contribution >= 0.6 is 0 Å². The van der Waals surface area contributed by atoms with Crippen molar-refractivity contribution in [3.8, 4) is 5.75 Å². The molecule has 0 aliphatic carbocycles. The summed E-state index contributed by atoms with van der Waals surface area (Å²) in [6, 6.07) is 13.1. The summed E-state index contributed by atoms with van der Waals surface area (Å²) in [7, 11) is 3.08. The molecule has 2 rings (SSSR count). The Labute approximate surface area is 187 Å². The number of carbonyl (C=O) groups is 2. The van der Waals surface area contributed by atoms with Gasteiger partial charge in [-0.15, -0.1) is 0 Å². The smallest absolute Gasteiger partial charge is 0.273 e. The molecule has 0 saturated heterocycles. The second-order valence-electron chi connectivity index (χ2n) is 7.19. The van der Waals surface area contributed by atoms with Crippen LogP contribution in [-0.2, 0) is 16.1 Å². The normalized spacial score (nSPS) is 11.3. The molecule has 8 nitrogen and oxygen atoms in total. The minimum atomic E-state index is -0.412. The summed E-state index contributed by atoms with van der Waals surface area (Å²) in [5.74, 6) is -0.140. The van der Waals surface area contributed by atoms with Gasteiger partial charge in [0.25, 0.3) is 5.91 Å². The Morgan fingerprint density at radius 3 is 2.47 bits per heavy atom. The highest BCUT2D eigenvalue weighted by Gasteiger charge is 2.23. The molecule has 0 bridgehead atoms. The first-order valence-corrected chi connectivity index (χ1v) is 10.1. The van der Waals surface area contributed by atoms with E-state index >= 15 is 0 Å². The fourth-order valence-electron chi connectivity index (χ4n) is 2.78. The molecule has 0 atom stereocenters. The molecular formula is C23H29FN4O4. The van der Waals surface area contributed by atoms with Crippen LogP contribution in [0.25, 0.3) is 0 Å². The number of hydroxylamine groups is 1. The highest BCUT2D eigenvalue weighted by atomic mass is 19.1. The zero-order valence-corrected chi connectivity index (χ0v) is 18.5. The Bertz CT molecular complexity index is 934. The number of nitrogens with zero attached hydrogens (tertiary/aromatic N) is 2. The number of rotatable bonds is 12. The molecule has 0 heterocycles. The summed E-state index contributed by atoms with van der Waals surface area (Å²) in [5, 5.41) is 12.1. The summed E-state index contributed by atoms with van der Waals surface area (Å²) in [6.07, 6.45) is 0.948. The van der Waals surface area contributed by atoms with Gasteiger partial charge in [-0.1, -0.05) is 30.3 Å². The first kappa shape index (κ1) is 24.7. The molecule has 3 N–H and O–H groups in total. The number of aliphatic hydroxyl groups is 1. The zero-order valence-electron chi connectivity index (χ0n) is 18.5. The number of nitrogens with one attached hydrogen (secondary N) is 2. The molecule has 2 aromatic rings. The molecule has 0 spiro atoms. The summed E-state index contributed by atoms with van der Waals surface area (Å²) in [6.45, 7) is 2.33. The van der Waals surface area contributed by atoms with Gasteiger partial charge in [-0.25, -0.2) is 9.87 Å². The summed E-state index contributed by atoms with van der Waals surface area (Å²) in [4.78, 5) is 33.0. The number of halogens is 1. The van der Waals surface area contributed by atoms with Gasteiger partial charge in [-0.05, 0) is 42.7 Å². The molecule has 0 aliphatic heterocycles. The van der Waals surface area contributed by atoms with Crippen LogP contribution in [0.2, 0.25) is 0 Å². The van der Waals surface area contributed by atoms with E-state index in [1.54, 1.807) is 31.3 Å². The van der Waals surface area contributed by atoms with Gasteiger partial charge in [-0.2, -0.15) is 0 Å². The van der Waals surface area contributed by atoms with Gasteiger partial charge in [0, 0.05) is 33.8 Å². The van der Waals surface area contributed by atoms with Crippen molar-refractivity contribution in [3.05, 3.63) is 77.0 Å². The summed E-state index contributed by atoms with van der Waals surface area (Å²) in [5.41, 5.74) is 4.40. The van der Waals surface area contributed by atoms with Gasteiger partial charge < -0.3 is 25.1 Å². The van der Waals surface area contributed by atoms with Crippen molar-refractivity contribution in [1.82, 2.24) is 20.6 Å². The predicted molar refractivity (Wildman–Crippen MR) is 118 cm³/mol. The SMILES string of the molecule is Cc1ccccc1ON/C(=C(\NCc1ccc(F)cc1)C(=O)N(C)CCCO)N(C)C=O. The number of hydrogen-bond donors (Lipinski definition) is 3. The fourth-order valence-corrected chi connectivity index (χ4v) is 2.78. The highest BCUT2D eigenvalue weighted by Crippen LogP contribution is 2.17. The average Bonchev–Trinajstić information content (AvgIpc) is 2.80. The van der Waals surface area contributed by atoms with Gasteiger partial charge in [0.2, 0.25) is 6.41 Å². The third-order valence-electron chi connectivity index (χ3n) is 4.69. The highest BCUT2D eigenvalue weighted by molar-refractivity contribution is 5.93. The summed E-state index contributed by atoms with van der Waals surface area (Å²) >= 11 is 0. The number of aliphatic hydroxyl groups excluding tert-OH is 1. The standard InChI is InChI=1S/C23H29FN4O4/c1-17-7-4-5-8-20(17)32-26-22(28(3)16-30)21(23(31)27(2)13-6-14-29)25-15-18-9-11-19(24)12-10-18/h4-5,7-12,16,25-26,29H,6,13-15H2,1-3H3/b22-21+. The van der Waals surface area contributed by atoms with Crippen LogP contribution in [0, 0.1) is 12.7 Å². The number of para-hydroxylation sites is 1. The number of benzene rings is 2. The van der Waals surface area contributed by atoms with Crippen LogP contribution in [-0.4, -0.2) is 54.5 Å². The lowest BCUT2D eigenvalue weighted by Gasteiger charge is -2.25. The molecule has 0 aromatic heterocycles. The monoisotopic (exact) mass is 444 g/mol. The second-order valence-corrected chi connectivity index (χ2v) is 7.19. The Morgan fingerprint density at radius 1 is 1.16 bits per heavy atom. The van der Waals surface area contributed by atoms with E-state index in [9.17, 15) is 14.0 Å². The van der Waals surface area contributed by atoms with E-state index in [1.165, 1.54) is 29.0 Å². The predicted octanol–water partition coefficient (Wildman–Crippen LogP) is 1.91. The third-order valence-corrected chi connectivity index (χ3v) is 4.69. The van der Waals surface area contributed by atoms with Gasteiger partial charge in [-0.3, -0.25) is 9.59 Å². The maximum atomic E-state index is 13.2. The minimum absolute atomic E-state index is 0.0601. The molecule has 0 aliphatic rings. The van der Waals surface area contributed by atoms with Crippen LogP contribution < -0.4 is 15.6 Å². The molecule has 0 fully saturated rings. The van der Waals surface area contributed by atoms with E-state index in [0.717, 1.165) is 11.1 Å². The van der Waals surface area contributed by atoms with E-state index in [4.69, 9.17) is 9.94 Å². The quantitative estimate of drug-likeness (QED) is 0.263. The van der Waals surface area contributed by atoms with Crippen molar-refractivity contribution in [3.63, 3.8) is 0 Å². The van der Waals surface area contributed by atoms with Crippen molar-refractivity contribution in [2.75, 3.05) is 27.2 Å².